The first-order chi connectivity index (χ1) is 13.1. The number of carbonyl (C=O) groups excluding carboxylic acids is 1. The molecule has 0 radical (unpaired) electrons. The summed E-state index contributed by atoms with van der Waals surface area (Å²) < 4.78 is 0. The number of nitriles is 1. The molecule has 0 saturated carbocycles. The summed E-state index contributed by atoms with van der Waals surface area (Å²) in [4.78, 5) is 20.8. The van der Waals surface area contributed by atoms with Gasteiger partial charge in [0.15, 0.2) is 0 Å². The van der Waals surface area contributed by atoms with E-state index in [1.54, 1.807) is 24.3 Å². The van der Waals surface area contributed by atoms with E-state index in [-0.39, 0.29) is 11.6 Å². The molecule has 0 atom stereocenters. The molecule has 3 aromatic rings. The van der Waals surface area contributed by atoms with Gasteiger partial charge in [-0.25, -0.2) is 9.97 Å². The second-order valence-electron chi connectivity index (χ2n) is 6.02. The van der Waals surface area contributed by atoms with E-state index in [1.807, 2.05) is 25.1 Å². The molecule has 0 aliphatic carbocycles. The van der Waals surface area contributed by atoms with Gasteiger partial charge in [0.1, 0.15) is 11.5 Å². The summed E-state index contributed by atoms with van der Waals surface area (Å²) in [7, 11) is 0. The first-order valence-corrected chi connectivity index (χ1v) is 8.59. The maximum atomic E-state index is 12.3. The molecule has 0 unspecified atom stereocenters. The van der Waals surface area contributed by atoms with Crippen molar-refractivity contribution in [2.24, 2.45) is 0 Å². The molecule has 6 nitrogen and oxygen atoms in total. The Bertz CT molecular complexity index is 1010. The van der Waals surface area contributed by atoms with Crippen LogP contribution < -0.4 is 10.6 Å². The topological polar surface area (TPSA) is 90.7 Å². The molecular formula is C21H19N5O. The van der Waals surface area contributed by atoms with E-state index in [0.29, 0.717) is 17.1 Å². The number of para-hydroxylation sites is 1. The minimum atomic E-state index is -0.380. The molecular weight excluding hydrogens is 338 g/mol. The van der Waals surface area contributed by atoms with Crippen LogP contribution >= 0.6 is 0 Å². The number of nitrogens with zero attached hydrogens (tertiary/aromatic N) is 3. The first-order valence-electron chi connectivity index (χ1n) is 8.59. The van der Waals surface area contributed by atoms with Crippen molar-refractivity contribution in [3.8, 4) is 6.07 Å². The van der Waals surface area contributed by atoms with Crippen molar-refractivity contribution in [3.63, 3.8) is 0 Å². The van der Waals surface area contributed by atoms with E-state index in [4.69, 9.17) is 5.26 Å². The molecule has 0 aliphatic heterocycles. The summed E-state index contributed by atoms with van der Waals surface area (Å²) in [5, 5.41) is 14.9. The highest BCUT2D eigenvalue weighted by atomic mass is 16.1. The predicted octanol–water partition coefficient (Wildman–Crippen LogP) is 4.22. The number of aryl methyl sites for hydroxylation is 2. The van der Waals surface area contributed by atoms with Crippen molar-refractivity contribution >= 4 is 23.1 Å². The molecule has 3 rings (SSSR count). The molecule has 0 aliphatic rings. The second-order valence-corrected chi connectivity index (χ2v) is 6.02. The number of carbonyl (C=O) groups is 1. The summed E-state index contributed by atoms with van der Waals surface area (Å²) in [5.74, 6) is 0.191. The Balaban J connectivity index is 1.74. The highest BCUT2D eigenvalue weighted by molar-refractivity contribution is 6.02. The van der Waals surface area contributed by atoms with Crippen molar-refractivity contribution < 1.29 is 4.79 Å². The Labute approximate surface area is 157 Å². The van der Waals surface area contributed by atoms with Crippen LogP contribution in [-0.4, -0.2) is 15.9 Å². The van der Waals surface area contributed by atoms with Crippen molar-refractivity contribution in [1.29, 1.82) is 5.26 Å². The number of benzene rings is 2. The fourth-order valence-electron chi connectivity index (χ4n) is 2.70. The van der Waals surface area contributed by atoms with Gasteiger partial charge in [-0.15, -0.1) is 0 Å². The molecule has 0 bridgehead atoms. The molecule has 0 spiro atoms. The third-order valence-electron chi connectivity index (χ3n) is 4.13. The number of amides is 1. The highest BCUT2D eigenvalue weighted by Gasteiger charge is 2.10. The first kappa shape index (κ1) is 18.1. The smallest absolute Gasteiger partial charge is 0.275 e. The summed E-state index contributed by atoms with van der Waals surface area (Å²) in [6.07, 6.45) is 3.86. The van der Waals surface area contributed by atoms with Gasteiger partial charge in [-0.3, -0.25) is 4.79 Å². The van der Waals surface area contributed by atoms with Gasteiger partial charge in [-0.1, -0.05) is 31.2 Å². The van der Waals surface area contributed by atoms with E-state index < -0.39 is 0 Å². The Morgan fingerprint density at radius 2 is 1.96 bits per heavy atom. The lowest BCUT2D eigenvalue weighted by Gasteiger charge is -2.13. The minimum Gasteiger partial charge on any atom is -0.339 e. The second kappa shape index (κ2) is 8.11. The number of anilines is 3. The van der Waals surface area contributed by atoms with Gasteiger partial charge in [0.25, 0.3) is 5.91 Å². The van der Waals surface area contributed by atoms with E-state index >= 15 is 0 Å². The maximum absolute atomic E-state index is 12.3. The number of nitrogens with one attached hydrogen (secondary N) is 2. The van der Waals surface area contributed by atoms with Crippen LogP contribution in [0.25, 0.3) is 0 Å². The fourth-order valence-corrected chi connectivity index (χ4v) is 2.70. The molecule has 2 aromatic carbocycles. The largest absolute Gasteiger partial charge is 0.339 e. The van der Waals surface area contributed by atoms with E-state index in [0.717, 1.165) is 17.7 Å². The molecule has 27 heavy (non-hydrogen) atoms. The fraction of sp³-hybridized carbons (Fsp3) is 0.143. The van der Waals surface area contributed by atoms with Crippen LogP contribution in [0.2, 0.25) is 0 Å². The van der Waals surface area contributed by atoms with Crippen LogP contribution in [0.4, 0.5) is 17.2 Å². The van der Waals surface area contributed by atoms with Gasteiger partial charge < -0.3 is 10.6 Å². The number of hydrogen-bond donors (Lipinski definition) is 2. The third-order valence-corrected chi connectivity index (χ3v) is 4.13. The predicted molar refractivity (Wildman–Crippen MR) is 105 cm³/mol. The summed E-state index contributed by atoms with van der Waals surface area (Å²) >= 11 is 0. The number of rotatable bonds is 5. The molecule has 1 aromatic heterocycles. The molecule has 6 heteroatoms. The van der Waals surface area contributed by atoms with Gasteiger partial charge in [0.05, 0.1) is 24.0 Å². The van der Waals surface area contributed by atoms with Crippen LogP contribution in [0, 0.1) is 18.3 Å². The zero-order valence-corrected chi connectivity index (χ0v) is 15.2. The molecule has 134 valence electrons. The normalized spacial score (nSPS) is 10.1. The summed E-state index contributed by atoms with van der Waals surface area (Å²) in [5.41, 5.74) is 4.54. The van der Waals surface area contributed by atoms with Crippen molar-refractivity contribution in [2.45, 2.75) is 20.3 Å². The van der Waals surface area contributed by atoms with Gasteiger partial charge >= 0.3 is 0 Å². The van der Waals surface area contributed by atoms with Crippen LogP contribution in [0.1, 0.15) is 34.1 Å². The lowest BCUT2D eigenvalue weighted by Crippen LogP contribution is -2.14. The minimum absolute atomic E-state index is 0.198. The van der Waals surface area contributed by atoms with Gasteiger partial charge in [0, 0.05) is 11.4 Å². The lowest BCUT2D eigenvalue weighted by atomic mass is 10.1. The lowest BCUT2D eigenvalue weighted by molar-refractivity contribution is 0.102. The Morgan fingerprint density at radius 1 is 1.15 bits per heavy atom. The Hall–Kier alpha value is -3.72. The van der Waals surface area contributed by atoms with E-state index in [1.165, 1.54) is 18.0 Å². The highest BCUT2D eigenvalue weighted by Crippen LogP contribution is 2.24. The van der Waals surface area contributed by atoms with Crippen LogP contribution in [0.5, 0.6) is 0 Å². The van der Waals surface area contributed by atoms with Gasteiger partial charge in [0.2, 0.25) is 0 Å². The average Bonchev–Trinajstić information content (AvgIpc) is 2.70. The Morgan fingerprint density at radius 3 is 2.67 bits per heavy atom. The quantitative estimate of drug-likeness (QED) is 0.713. The van der Waals surface area contributed by atoms with Crippen molar-refractivity contribution in [2.75, 3.05) is 10.6 Å². The van der Waals surface area contributed by atoms with Crippen LogP contribution in [-0.2, 0) is 6.42 Å². The summed E-state index contributed by atoms with van der Waals surface area (Å²) in [6, 6.07) is 14.9. The maximum Gasteiger partial charge on any atom is 0.275 e. The Kier molecular flexibility index (Phi) is 5.43. The standard InChI is InChI=1S/C21H19N5O/c1-3-16-8-4-6-14(2)20(16)26-19-13-23-18(12-24-19)21(27)25-17-9-5-7-15(10-17)11-22/h4-10,12-13H,3H2,1-2H3,(H,24,26)(H,25,27). The van der Waals surface area contributed by atoms with Crippen molar-refractivity contribution in [3.05, 3.63) is 77.2 Å². The molecule has 0 fully saturated rings. The van der Waals surface area contributed by atoms with E-state index in [2.05, 4.69) is 33.6 Å². The third kappa shape index (κ3) is 4.28. The monoisotopic (exact) mass is 357 g/mol. The van der Waals surface area contributed by atoms with Crippen molar-refractivity contribution in [1.82, 2.24) is 9.97 Å². The van der Waals surface area contributed by atoms with Crippen LogP contribution in [0.3, 0.4) is 0 Å². The molecule has 1 heterocycles. The van der Waals surface area contributed by atoms with Gasteiger partial charge in [-0.05, 0) is 42.7 Å². The zero-order chi connectivity index (χ0) is 19.2. The molecule has 0 saturated heterocycles. The zero-order valence-electron chi connectivity index (χ0n) is 15.2. The molecule has 1 amide bonds. The van der Waals surface area contributed by atoms with Gasteiger partial charge in [-0.2, -0.15) is 5.26 Å². The molecule has 2 N–H and O–H groups in total. The number of aromatic nitrogens is 2. The van der Waals surface area contributed by atoms with E-state index in [9.17, 15) is 4.79 Å². The SMILES string of the molecule is CCc1cccc(C)c1Nc1cnc(C(=O)Nc2cccc(C#N)c2)cn1. The number of hydrogen-bond acceptors (Lipinski definition) is 5. The average molecular weight is 357 g/mol. The van der Waals surface area contributed by atoms with Crippen LogP contribution in [0.15, 0.2) is 54.9 Å². The summed E-state index contributed by atoms with van der Waals surface area (Å²) in [6.45, 7) is 4.13.